The number of hydrogen-bond acceptors (Lipinski definition) is 3. The fourth-order valence-corrected chi connectivity index (χ4v) is 1.10. The number of rotatable bonds is 2. The van der Waals surface area contributed by atoms with Crippen LogP contribution in [0.3, 0.4) is 0 Å². The largest absolute Gasteiger partial charge is 0.508 e. The molecule has 0 aliphatic carbocycles. The van der Waals surface area contributed by atoms with Crippen LogP contribution >= 0.6 is 15.9 Å². The van der Waals surface area contributed by atoms with Crippen molar-refractivity contribution >= 4 is 15.9 Å². The number of benzene rings is 1. The Balaban J connectivity index is 2.90. The molecule has 0 heterocycles. The third kappa shape index (κ3) is 2.18. The van der Waals surface area contributed by atoms with E-state index in [1.807, 2.05) is 6.07 Å². The first-order chi connectivity index (χ1) is 5.24. The zero-order valence-corrected chi connectivity index (χ0v) is 7.34. The molecule has 3 N–H and O–H groups in total. The molecule has 0 amide bonds. The second-order valence-electron chi connectivity index (χ2n) is 2.08. The maximum atomic E-state index is 9.26. The molecule has 0 fully saturated rings. The van der Waals surface area contributed by atoms with Crippen molar-refractivity contribution in [1.82, 2.24) is 0 Å². The zero-order chi connectivity index (χ0) is 8.27. The molecule has 0 unspecified atom stereocenters. The quantitative estimate of drug-likeness (QED) is 0.740. The number of phenols is 1. The van der Waals surface area contributed by atoms with E-state index in [4.69, 9.17) is 5.90 Å². The summed E-state index contributed by atoms with van der Waals surface area (Å²) in [5, 5.41) is 9.26. The average molecular weight is 218 g/mol. The molecule has 0 saturated heterocycles. The average Bonchev–Trinajstić information content (AvgIpc) is 1.95. The molecule has 0 radical (unpaired) electrons. The lowest BCUT2D eigenvalue weighted by Gasteiger charge is -2.01. The fraction of sp³-hybridized carbons (Fsp3) is 0.143. The van der Waals surface area contributed by atoms with Crippen molar-refractivity contribution in [2.75, 3.05) is 0 Å². The van der Waals surface area contributed by atoms with Crippen LogP contribution in [0.5, 0.6) is 5.75 Å². The standard InChI is InChI=1S/C7H8BrNO2/c8-6-2-1-5(4-11-9)7(10)3-6/h1-3,10H,4,9H2. The molecule has 0 bridgehead atoms. The van der Waals surface area contributed by atoms with Gasteiger partial charge in [0.1, 0.15) is 5.75 Å². The SMILES string of the molecule is NOCc1ccc(Br)cc1O. The molecule has 1 aromatic rings. The number of nitrogens with two attached hydrogens (primary N) is 1. The summed E-state index contributed by atoms with van der Waals surface area (Å²) in [6.45, 7) is 0.221. The molecule has 60 valence electrons. The first-order valence-corrected chi connectivity index (χ1v) is 3.82. The van der Waals surface area contributed by atoms with Gasteiger partial charge in [-0.15, -0.1) is 0 Å². The molecule has 11 heavy (non-hydrogen) atoms. The number of phenolic OH excluding ortho intramolecular Hbond substituents is 1. The van der Waals surface area contributed by atoms with E-state index in [1.54, 1.807) is 12.1 Å². The van der Waals surface area contributed by atoms with Crippen LogP contribution in [-0.4, -0.2) is 5.11 Å². The highest BCUT2D eigenvalue weighted by atomic mass is 79.9. The van der Waals surface area contributed by atoms with Crippen LogP contribution in [0.15, 0.2) is 22.7 Å². The Morgan fingerprint density at radius 1 is 1.55 bits per heavy atom. The Labute approximate surface area is 72.9 Å². The molecule has 1 rings (SSSR count). The lowest BCUT2D eigenvalue weighted by atomic mass is 10.2. The molecule has 0 spiro atoms. The predicted molar refractivity (Wildman–Crippen MR) is 44.8 cm³/mol. The summed E-state index contributed by atoms with van der Waals surface area (Å²) in [5.41, 5.74) is 0.677. The highest BCUT2D eigenvalue weighted by Crippen LogP contribution is 2.22. The first kappa shape index (κ1) is 8.52. The summed E-state index contributed by atoms with van der Waals surface area (Å²) in [7, 11) is 0. The third-order valence-electron chi connectivity index (χ3n) is 1.29. The normalized spacial score (nSPS) is 10.0. The summed E-state index contributed by atoms with van der Waals surface area (Å²) < 4.78 is 0.829. The van der Waals surface area contributed by atoms with Crippen molar-refractivity contribution in [2.45, 2.75) is 6.61 Å². The molecule has 1 aromatic carbocycles. The van der Waals surface area contributed by atoms with Crippen molar-refractivity contribution < 1.29 is 9.94 Å². The van der Waals surface area contributed by atoms with Gasteiger partial charge < -0.3 is 5.11 Å². The molecule has 0 saturated carbocycles. The minimum Gasteiger partial charge on any atom is -0.508 e. The molecule has 3 nitrogen and oxygen atoms in total. The van der Waals surface area contributed by atoms with E-state index in [1.165, 1.54) is 0 Å². The van der Waals surface area contributed by atoms with Crippen LogP contribution < -0.4 is 5.90 Å². The molecule has 0 aliphatic heterocycles. The van der Waals surface area contributed by atoms with Crippen molar-refractivity contribution in [3.05, 3.63) is 28.2 Å². The molecular weight excluding hydrogens is 210 g/mol. The predicted octanol–water partition coefficient (Wildman–Crippen LogP) is 1.54. The number of halogens is 1. The Morgan fingerprint density at radius 3 is 2.82 bits per heavy atom. The van der Waals surface area contributed by atoms with E-state index in [0.717, 1.165) is 4.47 Å². The van der Waals surface area contributed by atoms with Gasteiger partial charge in [-0.3, -0.25) is 4.84 Å². The number of aromatic hydroxyl groups is 1. The van der Waals surface area contributed by atoms with E-state index in [9.17, 15) is 5.11 Å². The van der Waals surface area contributed by atoms with Crippen LogP contribution in [-0.2, 0) is 11.4 Å². The van der Waals surface area contributed by atoms with E-state index < -0.39 is 0 Å². The highest BCUT2D eigenvalue weighted by molar-refractivity contribution is 9.10. The Hall–Kier alpha value is -0.580. The van der Waals surface area contributed by atoms with Crippen LogP contribution in [0.1, 0.15) is 5.56 Å². The Kier molecular flexibility index (Phi) is 2.87. The third-order valence-corrected chi connectivity index (χ3v) is 1.78. The highest BCUT2D eigenvalue weighted by Gasteiger charge is 1.99. The van der Waals surface area contributed by atoms with Crippen molar-refractivity contribution in [3.8, 4) is 5.75 Å². The summed E-state index contributed by atoms with van der Waals surface area (Å²) >= 11 is 3.22. The Morgan fingerprint density at radius 2 is 2.27 bits per heavy atom. The van der Waals surface area contributed by atoms with E-state index in [0.29, 0.717) is 5.56 Å². The molecular formula is C7H8BrNO2. The van der Waals surface area contributed by atoms with Gasteiger partial charge in [0.25, 0.3) is 0 Å². The van der Waals surface area contributed by atoms with Gasteiger partial charge in [0, 0.05) is 10.0 Å². The summed E-state index contributed by atoms with van der Waals surface area (Å²) in [6.07, 6.45) is 0. The summed E-state index contributed by atoms with van der Waals surface area (Å²) in [6, 6.07) is 5.15. The molecule has 0 aliphatic rings. The second-order valence-corrected chi connectivity index (χ2v) is 3.00. The number of hydrogen-bond donors (Lipinski definition) is 2. The monoisotopic (exact) mass is 217 g/mol. The smallest absolute Gasteiger partial charge is 0.122 e. The van der Waals surface area contributed by atoms with Crippen LogP contribution in [0.25, 0.3) is 0 Å². The van der Waals surface area contributed by atoms with Gasteiger partial charge in [0.15, 0.2) is 0 Å². The van der Waals surface area contributed by atoms with Crippen molar-refractivity contribution in [2.24, 2.45) is 5.90 Å². The lowest BCUT2D eigenvalue weighted by Crippen LogP contribution is -1.98. The molecule has 0 aromatic heterocycles. The maximum Gasteiger partial charge on any atom is 0.122 e. The van der Waals surface area contributed by atoms with Gasteiger partial charge in [-0.1, -0.05) is 22.0 Å². The Bertz CT molecular complexity index is 252. The van der Waals surface area contributed by atoms with Gasteiger partial charge in [0.2, 0.25) is 0 Å². The van der Waals surface area contributed by atoms with Gasteiger partial charge in [0.05, 0.1) is 6.61 Å². The van der Waals surface area contributed by atoms with Crippen LogP contribution in [0.4, 0.5) is 0 Å². The van der Waals surface area contributed by atoms with Crippen molar-refractivity contribution in [1.29, 1.82) is 0 Å². The van der Waals surface area contributed by atoms with Gasteiger partial charge in [-0.05, 0) is 12.1 Å². The van der Waals surface area contributed by atoms with E-state index in [2.05, 4.69) is 20.8 Å². The molecule has 0 atom stereocenters. The minimum atomic E-state index is 0.185. The summed E-state index contributed by atoms with van der Waals surface area (Å²) in [5.74, 6) is 5.03. The maximum absolute atomic E-state index is 9.26. The fourth-order valence-electron chi connectivity index (χ4n) is 0.749. The van der Waals surface area contributed by atoms with E-state index >= 15 is 0 Å². The van der Waals surface area contributed by atoms with Crippen molar-refractivity contribution in [3.63, 3.8) is 0 Å². The summed E-state index contributed by atoms with van der Waals surface area (Å²) in [4.78, 5) is 4.37. The topological polar surface area (TPSA) is 55.5 Å². The van der Waals surface area contributed by atoms with Gasteiger partial charge in [-0.2, -0.15) is 0 Å². The molecule has 4 heteroatoms. The lowest BCUT2D eigenvalue weighted by molar-refractivity contribution is 0.122. The van der Waals surface area contributed by atoms with Gasteiger partial charge in [-0.25, -0.2) is 5.90 Å². The van der Waals surface area contributed by atoms with Crippen LogP contribution in [0.2, 0.25) is 0 Å². The first-order valence-electron chi connectivity index (χ1n) is 3.03. The second kappa shape index (κ2) is 3.71. The minimum absolute atomic E-state index is 0.185. The zero-order valence-electron chi connectivity index (χ0n) is 5.75. The van der Waals surface area contributed by atoms with Gasteiger partial charge >= 0.3 is 0 Å². The van der Waals surface area contributed by atoms with Crippen LogP contribution in [0, 0.1) is 0 Å². The van der Waals surface area contributed by atoms with E-state index in [-0.39, 0.29) is 12.4 Å².